The van der Waals surface area contributed by atoms with Gasteiger partial charge < -0.3 is 15.4 Å². The van der Waals surface area contributed by atoms with Gasteiger partial charge in [-0.3, -0.25) is 0 Å². The molecule has 0 radical (unpaired) electrons. The number of thiazole rings is 1. The van der Waals surface area contributed by atoms with Crippen LogP contribution in [0.5, 0.6) is 0 Å². The molecular weight excluding hydrogens is 422 g/mol. The summed E-state index contributed by atoms with van der Waals surface area (Å²) in [6.07, 6.45) is 10.0. The van der Waals surface area contributed by atoms with Crippen LogP contribution in [0.2, 0.25) is 0 Å². The standard InChI is InChI=1S/C21H27N3O2S3/c1-12-9-10-14-16(11-12)29-21(22-14)24-20(27)23-18-17(19(25)26-2)13-7-5-3-4-6-8-15(13)28-18/h12H,3-11H2,1-2H3,(H2,22,23,24,27). The fraction of sp³-hybridized carbons (Fsp3) is 0.571. The van der Waals surface area contributed by atoms with Crippen LogP contribution in [0, 0.1) is 5.92 Å². The highest BCUT2D eigenvalue weighted by molar-refractivity contribution is 7.80. The van der Waals surface area contributed by atoms with Crippen molar-refractivity contribution in [2.24, 2.45) is 5.92 Å². The first-order valence-corrected chi connectivity index (χ1v) is 12.4. The van der Waals surface area contributed by atoms with E-state index >= 15 is 0 Å². The topological polar surface area (TPSA) is 63.2 Å². The highest BCUT2D eigenvalue weighted by Crippen LogP contribution is 2.38. The fourth-order valence-electron chi connectivity index (χ4n) is 4.15. The van der Waals surface area contributed by atoms with Crippen LogP contribution >= 0.6 is 34.9 Å². The van der Waals surface area contributed by atoms with Gasteiger partial charge in [-0.15, -0.1) is 22.7 Å². The predicted octanol–water partition coefficient (Wildman–Crippen LogP) is 5.58. The number of carbonyl (C=O) groups excluding carboxylic acids is 1. The van der Waals surface area contributed by atoms with Crippen molar-refractivity contribution in [3.8, 4) is 0 Å². The number of carbonyl (C=O) groups is 1. The Morgan fingerprint density at radius 3 is 2.69 bits per heavy atom. The van der Waals surface area contributed by atoms with Crippen LogP contribution in [0.15, 0.2) is 0 Å². The summed E-state index contributed by atoms with van der Waals surface area (Å²) >= 11 is 8.88. The van der Waals surface area contributed by atoms with Crippen LogP contribution in [-0.4, -0.2) is 23.2 Å². The number of nitrogens with zero attached hydrogens (tertiary/aromatic N) is 1. The molecule has 1 atom stereocenters. The minimum atomic E-state index is -0.285. The van der Waals surface area contributed by atoms with E-state index in [0.29, 0.717) is 16.6 Å². The maximum Gasteiger partial charge on any atom is 0.341 e. The number of thiocarbonyl (C=S) groups is 1. The van der Waals surface area contributed by atoms with Crippen molar-refractivity contribution in [2.75, 3.05) is 17.7 Å². The first kappa shape index (κ1) is 20.8. The molecule has 156 valence electrons. The average Bonchev–Trinajstić information content (AvgIpc) is 3.20. The Labute approximate surface area is 185 Å². The molecule has 5 nitrogen and oxygen atoms in total. The van der Waals surface area contributed by atoms with Crippen molar-refractivity contribution in [1.29, 1.82) is 0 Å². The van der Waals surface area contributed by atoms with Gasteiger partial charge in [0.05, 0.1) is 18.4 Å². The predicted molar refractivity (Wildman–Crippen MR) is 125 cm³/mol. The summed E-state index contributed by atoms with van der Waals surface area (Å²) in [6.45, 7) is 2.29. The van der Waals surface area contributed by atoms with E-state index in [2.05, 4.69) is 17.6 Å². The van der Waals surface area contributed by atoms with E-state index in [9.17, 15) is 4.79 Å². The Morgan fingerprint density at radius 2 is 1.90 bits per heavy atom. The lowest BCUT2D eigenvalue weighted by molar-refractivity contribution is 0.0601. The van der Waals surface area contributed by atoms with Crippen molar-refractivity contribution < 1.29 is 9.53 Å². The van der Waals surface area contributed by atoms with E-state index < -0.39 is 0 Å². The monoisotopic (exact) mass is 449 g/mol. The molecular formula is C21H27N3O2S3. The lowest BCUT2D eigenvalue weighted by atomic mass is 9.93. The number of hydrogen-bond acceptors (Lipinski definition) is 6. The third kappa shape index (κ3) is 4.64. The van der Waals surface area contributed by atoms with Crippen molar-refractivity contribution in [3.63, 3.8) is 0 Å². The molecule has 0 fully saturated rings. The van der Waals surface area contributed by atoms with Gasteiger partial charge in [-0.05, 0) is 68.6 Å². The Balaban J connectivity index is 1.53. The molecule has 2 aliphatic rings. The average molecular weight is 450 g/mol. The molecule has 2 heterocycles. The minimum absolute atomic E-state index is 0.285. The minimum Gasteiger partial charge on any atom is -0.465 e. The van der Waals surface area contributed by atoms with Crippen LogP contribution in [-0.2, 0) is 30.4 Å². The third-order valence-corrected chi connectivity index (χ3v) is 8.14. The number of rotatable bonds is 3. The van der Waals surface area contributed by atoms with Gasteiger partial charge in [0.1, 0.15) is 5.00 Å². The van der Waals surface area contributed by atoms with E-state index in [1.165, 1.54) is 48.2 Å². The highest BCUT2D eigenvalue weighted by atomic mass is 32.1. The number of anilines is 2. The van der Waals surface area contributed by atoms with E-state index in [-0.39, 0.29) is 5.97 Å². The summed E-state index contributed by atoms with van der Waals surface area (Å²) < 4.78 is 5.09. The Morgan fingerprint density at radius 1 is 1.10 bits per heavy atom. The molecule has 0 bridgehead atoms. The maximum atomic E-state index is 12.5. The van der Waals surface area contributed by atoms with Gasteiger partial charge in [0.25, 0.3) is 0 Å². The quantitative estimate of drug-likeness (QED) is 0.471. The molecule has 2 N–H and O–H groups in total. The fourth-order valence-corrected chi connectivity index (χ4v) is 6.94. The van der Waals surface area contributed by atoms with Gasteiger partial charge in [-0.25, -0.2) is 9.78 Å². The molecule has 1 unspecified atom stereocenters. The van der Waals surface area contributed by atoms with E-state index in [1.54, 1.807) is 22.7 Å². The molecule has 2 aromatic heterocycles. The number of fused-ring (bicyclic) bond motifs is 2. The maximum absolute atomic E-state index is 12.5. The van der Waals surface area contributed by atoms with Gasteiger partial charge in [0.2, 0.25) is 0 Å². The summed E-state index contributed by atoms with van der Waals surface area (Å²) in [5.41, 5.74) is 3.00. The number of ether oxygens (including phenoxy) is 1. The van der Waals surface area contributed by atoms with Crippen LogP contribution in [0.1, 0.15) is 70.4 Å². The molecule has 8 heteroatoms. The van der Waals surface area contributed by atoms with Crippen molar-refractivity contribution in [1.82, 2.24) is 4.98 Å². The number of aromatic nitrogens is 1. The van der Waals surface area contributed by atoms with E-state index in [4.69, 9.17) is 21.9 Å². The van der Waals surface area contributed by atoms with Crippen LogP contribution in [0.3, 0.4) is 0 Å². The second kappa shape index (κ2) is 9.10. The number of methoxy groups -OCH3 is 1. The molecule has 4 rings (SSSR count). The molecule has 0 saturated heterocycles. The molecule has 2 aliphatic carbocycles. The molecule has 0 aromatic carbocycles. The Bertz CT molecular complexity index is 919. The van der Waals surface area contributed by atoms with Gasteiger partial charge in [0.15, 0.2) is 10.2 Å². The number of aryl methyl sites for hydroxylation is 2. The van der Waals surface area contributed by atoms with Crippen LogP contribution in [0.25, 0.3) is 0 Å². The van der Waals surface area contributed by atoms with Crippen LogP contribution in [0.4, 0.5) is 10.1 Å². The number of hydrogen-bond donors (Lipinski definition) is 2. The number of nitrogens with one attached hydrogen (secondary N) is 2. The van der Waals surface area contributed by atoms with Crippen molar-refractivity contribution in [2.45, 2.75) is 64.7 Å². The summed E-state index contributed by atoms with van der Waals surface area (Å²) in [5, 5.41) is 8.59. The second-order valence-electron chi connectivity index (χ2n) is 7.93. The first-order chi connectivity index (χ1) is 14.0. The normalized spacial score (nSPS) is 18.8. The molecule has 2 aromatic rings. The summed E-state index contributed by atoms with van der Waals surface area (Å²) in [5.74, 6) is 0.432. The zero-order valence-electron chi connectivity index (χ0n) is 16.9. The zero-order chi connectivity index (χ0) is 20.4. The van der Waals surface area contributed by atoms with Gasteiger partial charge in [-0.1, -0.05) is 19.8 Å². The number of esters is 1. The smallest absolute Gasteiger partial charge is 0.341 e. The first-order valence-electron chi connectivity index (χ1n) is 10.3. The summed E-state index contributed by atoms with van der Waals surface area (Å²) in [4.78, 5) is 19.9. The molecule has 0 amide bonds. The summed E-state index contributed by atoms with van der Waals surface area (Å²) in [6, 6.07) is 0. The Hall–Kier alpha value is -1.51. The Kier molecular flexibility index (Phi) is 6.51. The largest absolute Gasteiger partial charge is 0.465 e. The van der Waals surface area contributed by atoms with Crippen LogP contribution < -0.4 is 10.6 Å². The lowest BCUT2D eigenvalue weighted by Gasteiger charge is -2.15. The van der Waals surface area contributed by atoms with Crippen molar-refractivity contribution in [3.05, 3.63) is 26.6 Å². The zero-order valence-corrected chi connectivity index (χ0v) is 19.4. The second-order valence-corrected chi connectivity index (χ2v) is 10.5. The highest BCUT2D eigenvalue weighted by Gasteiger charge is 2.26. The van der Waals surface area contributed by atoms with Crippen molar-refractivity contribution >= 4 is 56.1 Å². The summed E-state index contributed by atoms with van der Waals surface area (Å²) in [7, 11) is 1.44. The number of thiophene rings is 1. The van der Waals surface area contributed by atoms with E-state index in [1.807, 2.05) is 0 Å². The van der Waals surface area contributed by atoms with Gasteiger partial charge in [0, 0.05) is 9.75 Å². The van der Waals surface area contributed by atoms with Gasteiger partial charge >= 0.3 is 5.97 Å². The molecule has 0 spiro atoms. The van der Waals surface area contributed by atoms with E-state index in [0.717, 1.165) is 47.8 Å². The van der Waals surface area contributed by atoms with Gasteiger partial charge in [-0.2, -0.15) is 0 Å². The molecule has 0 aliphatic heterocycles. The SMILES string of the molecule is COC(=O)c1c(NC(=S)Nc2nc3c(s2)CC(C)CC3)sc2c1CCCCCC2. The molecule has 0 saturated carbocycles. The third-order valence-electron chi connectivity index (χ3n) is 5.69. The molecule has 29 heavy (non-hydrogen) atoms. The lowest BCUT2D eigenvalue weighted by Crippen LogP contribution is -2.20.